The highest BCUT2D eigenvalue weighted by atomic mass is 35.5. The van der Waals surface area contributed by atoms with Gasteiger partial charge in [0.2, 0.25) is 5.91 Å². The van der Waals surface area contributed by atoms with Gasteiger partial charge >= 0.3 is 0 Å². The number of hydrogen-bond acceptors (Lipinski definition) is 4. The number of anilines is 1. The van der Waals surface area contributed by atoms with E-state index in [0.29, 0.717) is 39.3 Å². The molecule has 0 aliphatic rings. The van der Waals surface area contributed by atoms with Crippen molar-refractivity contribution in [1.82, 2.24) is 9.55 Å². The number of halogens is 3. The number of amides is 1. The summed E-state index contributed by atoms with van der Waals surface area (Å²) in [5.41, 5.74) is 2.38. The Hall–Kier alpha value is -2.32. The number of imidazole rings is 1. The third-order valence-corrected chi connectivity index (χ3v) is 4.98. The van der Waals surface area contributed by atoms with Crippen molar-refractivity contribution in [3.63, 3.8) is 0 Å². The minimum Gasteiger partial charge on any atom is -0.495 e. The second-order valence-electron chi connectivity index (χ2n) is 5.70. The van der Waals surface area contributed by atoms with Gasteiger partial charge in [-0.05, 0) is 42.4 Å². The van der Waals surface area contributed by atoms with Crippen LogP contribution in [0.4, 0.5) is 14.5 Å². The number of methoxy groups -OCH3 is 1. The first-order chi connectivity index (χ1) is 12.9. The Balaban J connectivity index is 1.89. The second-order valence-corrected chi connectivity index (χ2v) is 7.06. The van der Waals surface area contributed by atoms with Gasteiger partial charge in [0.25, 0.3) is 5.76 Å². The van der Waals surface area contributed by atoms with Crippen LogP contribution < -0.4 is 10.1 Å². The lowest BCUT2D eigenvalue weighted by molar-refractivity contribution is -0.116. The first-order valence-corrected chi connectivity index (χ1v) is 9.19. The fourth-order valence-corrected chi connectivity index (χ4v) is 3.39. The minimum absolute atomic E-state index is 0.0839. The smallest absolute Gasteiger partial charge is 0.291 e. The Morgan fingerprint density at radius 1 is 1.37 bits per heavy atom. The topological polar surface area (TPSA) is 56.1 Å². The molecule has 5 nitrogen and oxygen atoms in total. The van der Waals surface area contributed by atoms with Gasteiger partial charge in [0, 0.05) is 11.1 Å². The van der Waals surface area contributed by atoms with Crippen LogP contribution in [0.5, 0.6) is 5.75 Å². The molecule has 0 aliphatic heterocycles. The molecule has 9 heteroatoms. The average Bonchev–Trinajstić information content (AvgIpc) is 2.94. The van der Waals surface area contributed by atoms with Gasteiger partial charge in [-0.1, -0.05) is 23.7 Å². The molecular formula is C18H16ClF2N3O2S. The normalized spacial score (nSPS) is 11.2. The van der Waals surface area contributed by atoms with Crippen LogP contribution in [0.3, 0.4) is 0 Å². The van der Waals surface area contributed by atoms with Gasteiger partial charge in [-0.2, -0.15) is 8.78 Å². The van der Waals surface area contributed by atoms with Crippen molar-refractivity contribution in [2.45, 2.75) is 24.4 Å². The number of nitrogens with one attached hydrogen (secondary N) is 1. The molecule has 27 heavy (non-hydrogen) atoms. The van der Waals surface area contributed by atoms with Crippen LogP contribution in [-0.4, -0.2) is 28.3 Å². The molecule has 1 amide bonds. The molecule has 0 unspecified atom stereocenters. The van der Waals surface area contributed by atoms with Gasteiger partial charge in [-0.25, -0.2) is 4.98 Å². The number of benzene rings is 2. The van der Waals surface area contributed by atoms with Gasteiger partial charge in [0.05, 0.1) is 23.8 Å². The monoisotopic (exact) mass is 411 g/mol. The summed E-state index contributed by atoms with van der Waals surface area (Å²) in [6.07, 6.45) is 0. The van der Waals surface area contributed by atoms with Crippen molar-refractivity contribution in [2.24, 2.45) is 0 Å². The molecule has 0 fully saturated rings. The quantitative estimate of drug-likeness (QED) is 0.582. The first-order valence-electron chi connectivity index (χ1n) is 7.93. The van der Waals surface area contributed by atoms with Crippen LogP contribution in [0.2, 0.25) is 5.02 Å². The van der Waals surface area contributed by atoms with E-state index in [2.05, 4.69) is 10.3 Å². The number of ether oxygens (including phenoxy) is 1. The third-order valence-electron chi connectivity index (χ3n) is 3.87. The molecule has 0 saturated carbocycles. The molecule has 0 aliphatic carbocycles. The van der Waals surface area contributed by atoms with Crippen LogP contribution in [-0.2, 0) is 11.3 Å². The van der Waals surface area contributed by atoms with E-state index in [9.17, 15) is 13.6 Å². The molecule has 142 valence electrons. The molecule has 3 rings (SSSR count). The highest BCUT2D eigenvalue weighted by Gasteiger charge is 2.18. The number of rotatable bonds is 6. The Kier molecular flexibility index (Phi) is 5.86. The average molecular weight is 412 g/mol. The van der Waals surface area contributed by atoms with Crippen molar-refractivity contribution in [3.8, 4) is 5.75 Å². The van der Waals surface area contributed by atoms with E-state index in [1.165, 1.54) is 11.7 Å². The van der Waals surface area contributed by atoms with Crippen molar-refractivity contribution >= 4 is 46.0 Å². The minimum atomic E-state index is -2.64. The van der Waals surface area contributed by atoms with E-state index < -0.39 is 11.7 Å². The van der Waals surface area contributed by atoms with E-state index in [4.69, 9.17) is 16.3 Å². The van der Waals surface area contributed by atoms with E-state index in [1.54, 1.807) is 43.3 Å². The summed E-state index contributed by atoms with van der Waals surface area (Å²) in [6, 6.07) is 10.3. The summed E-state index contributed by atoms with van der Waals surface area (Å²) < 4.78 is 32.5. The molecule has 0 radical (unpaired) electrons. The number of hydrogen-bond donors (Lipinski definition) is 1. The zero-order valence-corrected chi connectivity index (χ0v) is 16.1. The van der Waals surface area contributed by atoms with Crippen molar-refractivity contribution in [2.75, 3.05) is 12.4 Å². The molecule has 2 aromatic carbocycles. The van der Waals surface area contributed by atoms with Crippen molar-refractivity contribution < 1.29 is 18.3 Å². The maximum atomic E-state index is 12.9. The molecule has 1 aromatic heterocycles. The van der Waals surface area contributed by atoms with Crippen LogP contribution in [0.25, 0.3) is 11.0 Å². The van der Waals surface area contributed by atoms with E-state index >= 15 is 0 Å². The lowest BCUT2D eigenvalue weighted by Gasteiger charge is -2.13. The highest BCUT2D eigenvalue weighted by molar-refractivity contribution is 7.99. The number of nitrogens with zero attached hydrogens (tertiary/aromatic N) is 2. The fraction of sp³-hybridized carbons (Fsp3) is 0.222. The zero-order valence-electron chi connectivity index (χ0n) is 14.5. The maximum Gasteiger partial charge on any atom is 0.291 e. The van der Waals surface area contributed by atoms with Gasteiger partial charge in [0.15, 0.2) is 5.16 Å². The highest BCUT2D eigenvalue weighted by Crippen LogP contribution is 2.32. The Labute approximate surface area is 163 Å². The zero-order chi connectivity index (χ0) is 19.6. The lowest BCUT2D eigenvalue weighted by Crippen LogP contribution is -2.20. The molecular weight excluding hydrogens is 396 g/mol. The Morgan fingerprint density at radius 2 is 2.11 bits per heavy atom. The number of carbonyl (C=O) groups is 1. The molecule has 1 N–H and O–H groups in total. The standard InChI is InChI=1S/C18H16ClF2N3O2S/c1-10-7-13(15(26-2)8-11(10)19)22-16(25)9-24-14-6-4-3-5-12(14)23-18(24)27-17(20)21/h3-8,17H,9H2,1-2H3,(H,22,25). The summed E-state index contributed by atoms with van der Waals surface area (Å²) in [4.78, 5) is 16.8. The van der Waals surface area contributed by atoms with E-state index in [0.717, 1.165) is 5.56 Å². The Bertz CT molecular complexity index is 994. The summed E-state index contributed by atoms with van der Waals surface area (Å²) >= 11 is 6.38. The molecule has 1 heterocycles. The SMILES string of the molecule is COc1cc(Cl)c(C)cc1NC(=O)Cn1c(SC(F)F)nc2ccccc21. The van der Waals surface area contributed by atoms with Gasteiger partial charge < -0.3 is 14.6 Å². The number of para-hydroxylation sites is 2. The third kappa shape index (κ3) is 4.33. The Morgan fingerprint density at radius 3 is 2.81 bits per heavy atom. The van der Waals surface area contributed by atoms with E-state index in [-0.39, 0.29) is 11.7 Å². The summed E-state index contributed by atoms with van der Waals surface area (Å²) in [6.45, 7) is 1.64. The second kappa shape index (κ2) is 8.14. The van der Waals surface area contributed by atoms with Gasteiger partial charge in [-0.15, -0.1) is 0 Å². The fourth-order valence-electron chi connectivity index (χ4n) is 2.64. The number of thioether (sulfide) groups is 1. The largest absolute Gasteiger partial charge is 0.495 e. The molecule has 0 saturated heterocycles. The van der Waals surface area contributed by atoms with Gasteiger partial charge in [-0.3, -0.25) is 4.79 Å². The van der Waals surface area contributed by atoms with Crippen molar-refractivity contribution in [1.29, 1.82) is 0 Å². The molecule has 0 atom stereocenters. The van der Waals surface area contributed by atoms with Crippen LogP contribution in [0.1, 0.15) is 5.56 Å². The van der Waals surface area contributed by atoms with Crippen LogP contribution in [0.15, 0.2) is 41.6 Å². The predicted molar refractivity (Wildman–Crippen MR) is 103 cm³/mol. The molecule has 0 spiro atoms. The first kappa shape index (κ1) is 19.4. The summed E-state index contributed by atoms with van der Waals surface area (Å²) in [5, 5.41) is 3.34. The molecule has 0 bridgehead atoms. The lowest BCUT2D eigenvalue weighted by atomic mass is 10.2. The van der Waals surface area contributed by atoms with Crippen molar-refractivity contribution in [3.05, 3.63) is 47.0 Å². The van der Waals surface area contributed by atoms with E-state index in [1.807, 2.05) is 0 Å². The molecule has 3 aromatic rings. The summed E-state index contributed by atoms with van der Waals surface area (Å²) in [7, 11) is 1.47. The van der Waals surface area contributed by atoms with Crippen LogP contribution >= 0.6 is 23.4 Å². The number of aromatic nitrogens is 2. The summed E-state index contributed by atoms with van der Waals surface area (Å²) in [5.74, 6) is -2.62. The number of alkyl halides is 2. The number of aryl methyl sites for hydroxylation is 1. The predicted octanol–water partition coefficient (Wildman–Crippen LogP) is 4.96. The van der Waals surface area contributed by atoms with Gasteiger partial charge in [0.1, 0.15) is 12.3 Å². The van der Waals surface area contributed by atoms with Crippen LogP contribution in [0, 0.1) is 6.92 Å². The maximum absolute atomic E-state index is 12.9. The number of carbonyl (C=O) groups excluding carboxylic acids is 1. The number of fused-ring (bicyclic) bond motifs is 1.